The molecule has 0 bridgehead atoms. The lowest BCUT2D eigenvalue weighted by Gasteiger charge is -2.01. The molecule has 1 N–H and O–H groups in total. The summed E-state index contributed by atoms with van der Waals surface area (Å²) in [6.45, 7) is 0.235. The molecule has 0 aliphatic carbocycles. The van der Waals surface area contributed by atoms with Crippen LogP contribution in [0.4, 0.5) is 0 Å². The Morgan fingerprint density at radius 2 is 2.17 bits per heavy atom. The van der Waals surface area contributed by atoms with Crippen LogP contribution in [0.5, 0.6) is 0 Å². The van der Waals surface area contributed by atoms with Crippen LogP contribution in [-0.4, -0.2) is 30.6 Å². The Hall–Kier alpha value is -3.55. The third kappa shape index (κ3) is 2.60. The zero-order chi connectivity index (χ0) is 16.4. The van der Waals surface area contributed by atoms with Gasteiger partial charge in [0, 0.05) is 30.2 Å². The molecule has 4 aromatic heterocycles. The molecule has 4 heterocycles. The van der Waals surface area contributed by atoms with E-state index < -0.39 is 0 Å². The maximum Gasteiger partial charge on any atom is 0.273 e. The van der Waals surface area contributed by atoms with E-state index in [1.807, 2.05) is 34.9 Å². The van der Waals surface area contributed by atoms with Crippen LogP contribution in [0.25, 0.3) is 17.0 Å². The summed E-state index contributed by atoms with van der Waals surface area (Å²) in [4.78, 5) is 16.2. The van der Waals surface area contributed by atoms with E-state index in [9.17, 15) is 4.79 Å². The molecular weight excluding hydrogens is 308 g/mol. The van der Waals surface area contributed by atoms with Crippen LogP contribution < -0.4 is 5.32 Å². The number of carbonyl (C=O) groups is 1. The molecule has 24 heavy (non-hydrogen) atoms. The van der Waals surface area contributed by atoms with Gasteiger partial charge < -0.3 is 9.84 Å². The molecule has 0 atom stereocenters. The SMILES string of the molecule is O=C(NCc1nnc2ccccn12)c1cc(-c2cccnc2)on1. The average molecular weight is 320 g/mol. The van der Waals surface area contributed by atoms with Crippen molar-refractivity contribution in [3.63, 3.8) is 0 Å². The van der Waals surface area contributed by atoms with E-state index in [0.29, 0.717) is 11.6 Å². The zero-order valence-corrected chi connectivity index (χ0v) is 12.5. The second-order valence-corrected chi connectivity index (χ2v) is 5.05. The fraction of sp³-hybridized carbons (Fsp3) is 0.0625. The normalized spacial score (nSPS) is 10.8. The standard InChI is InChI=1S/C16H12N6O2/c23-16(12-8-13(24-21-12)11-4-3-6-17-9-11)18-10-15-20-19-14-5-1-2-7-22(14)15/h1-9H,10H2,(H,18,23). The Morgan fingerprint density at radius 3 is 3.04 bits per heavy atom. The van der Waals surface area contributed by atoms with Crippen molar-refractivity contribution < 1.29 is 9.32 Å². The number of amides is 1. The van der Waals surface area contributed by atoms with Gasteiger partial charge >= 0.3 is 0 Å². The topological polar surface area (TPSA) is 98.2 Å². The minimum atomic E-state index is -0.346. The van der Waals surface area contributed by atoms with Crippen molar-refractivity contribution in [1.82, 2.24) is 30.1 Å². The molecule has 1 amide bonds. The fourth-order valence-electron chi connectivity index (χ4n) is 2.29. The summed E-state index contributed by atoms with van der Waals surface area (Å²) in [6, 6.07) is 10.8. The molecule has 118 valence electrons. The van der Waals surface area contributed by atoms with E-state index in [1.165, 1.54) is 0 Å². The highest BCUT2D eigenvalue weighted by Gasteiger charge is 2.14. The molecule has 4 rings (SSSR count). The quantitative estimate of drug-likeness (QED) is 0.614. The van der Waals surface area contributed by atoms with E-state index in [-0.39, 0.29) is 18.1 Å². The minimum absolute atomic E-state index is 0.197. The molecule has 0 radical (unpaired) electrons. The number of nitrogens with one attached hydrogen (secondary N) is 1. The predicted octanol–water partition coefficient (Wildman–Crippen LogP) is 1.71. The van der Waals surface area contributed by atoms with Crippen molar-refractivity contribution >= 4 is 11.6 Å². The van der Waals surface area contributed by atoms with Gasteiger partial charge in [-0.15, -0.1) is 10.2 Å². The van der Waals surface area contributed by atoms with Crippen molar-refractivity contribution in [3.05, 3.63) is 66.5 Å². The first kappa shape index (κ1) is 14.1. The molecule has 0 spiro atoms. The number of hydrogen-bond donors (Lipinski definition) is 1. The van der Waals surface area contributed by atoms with Gasteiger partial charge in [-0.25, -0.2) is 0 Å². The number of nitrogens with zero attached hydrogens (tertiary/aromatic N) is 5. The Labute approximate surface area is 136 Å². The van der Waals surface area contributed by atoms with Gasteiger partial charge in [0.15, 0.2) is 22.9 Å². The van der Waals surface area contributed by atoms with Gasteiger partial charge in [-0.1, -0.05) is 11.2 Å². The summed E-state index contributed by atoms with van der Waals surface area (Å²) in [6.07, 6.45) is 5.15. The summed E-state index contributed by atoms with van der Waals surface area (Å²) in [5.41, 5.74) is 1.68. The maximum atomic E-state index is 12.2. The molecule has 0 saturated heterocycles. The lowest BCUT2D eigenvalue weighted by Crippen LogP contribution is -2.24. The molecule has 0 fully saturated rings. The molecule has 8 heteroatoms. The highest BCUT2D eigenvalue weighted by molar-refractivity contribution is 5.92. The van der Waals surface area contributed by atoms with Crippen LogP contribution in [-0.2, 0) is 6.54 Å². The van der Waals surface area contributed by atoms with Crippen molar-refractivity contribution in [2.75, 3.05) is 0 Å². The third-order valence-corrected chi connectivity index (χ3v) is 3.48. The van der Waals surface area contributed by atoms with Crippen LogP contribution >= 0.6 is 0 Å². The van der Waals surface area contributed by atoms with Gasteiger partial charge in [0.1, 0.15) is 0 Å². The predicted molar refractivity (Wildman–Crippen MR) is 83.9 cm³/mol. The van der Waals surface area contributed by atoms with Gasteiger partial charge in [-0.3, -0.25) is 14.2 Å². The monoisotopic (exact) mass is 320 g/mol. The Morgan fingerprint density at radius 1 is 1.21 bits per heavy atom. The lowest BCUT2D eigenvalue weighted by atomic mass is 10.2. The molecule has 4 aromatic rings. The van der Waals surface area contributed by atoms with Crippen LogP contribution in [0.2, 0.25) is 0 Å². The number of pyridine rings is 2. The van der Waals surface area contributed by atoms with E-state index in [2.05, 4.69) is 25.7 Å². The molecule has 8 nitrogen and oxygen atoms in total. The smallest absolute Gasteiger partial charge is 0.273 e. The second kappa shape index (κ2) is 5.92. The molecular formula is C16H12N6O2. The number of hydrogen-bond acceptors (Lipinski definition) is 6. The summed E-state index contributed by atoms with van der Waals surface area (Å²) in [5, 5.41) is 14.6. The van der Waals surface area contributed by atoms with E-state index in [0.717, 1.165) is 11.2 Å². The van der Waals surface area contributed by atoms with E-state index in [4.69, 9.17) is 4.52 Å². The van der Waals surface area contributed by atoms with Crippen LogP contribution in [0, 0.1) is 0 Å². The molecule has 0 unspecified atom stereocenters. The van der Waals surface area contributed by atoms with Crippen LogP contribution in [0.3, 0.4) is 0 Å². The summed E-state index contributed by atoms with van der Waals surface area (Å²) in [7, 11) is 0. The summed E-state index contributed by atoms with van der Waals surface area (Å²) < 4.78 is 7.00. The third-order valence-electron chi connectivity index (χ3n) is 3.48. The highest BCUT2D eigenvalue weighted by Crippen LogP contribution is 2.18. The van der Waals surface area contributed by atoms with Crippen molar-refractivity contribution in [1.29, 1.82) is 0 Å². The minimum Gasteiger partial charge on any atom is -0.355 e. The number of carbonyl (C=O) groups excluding carboxylic acids is 1. The number of rotatable bonds is 4. The summed E-state index contributed by atoms with van der Waals surface area (Å²) >= 11 is 0. The van der Waals surface area contributed by atoms with Gasteiger partial charge in [0.2, 0.25) is 0 Å². The Bertz CT molecular complexity index is 992. The number of aromatic nitrogens is 5. The van der Waals surface area contributed by atoms with E-state index in [1.54, 1.807) is 24.5 Å². The molecule has 0 aliphatic heterocycles. The maximum absolute atomic E-state index is 12.2. The lowest BCUT2D eigenvalue weighted by molar-refractivity contribution is 0.0941. The number of fused-ring (bicyclic) bond motifs is 1. The van der Waals surface area contributed by atoms with Gasteiger partial charge in [-0.2, -0.15) is 0 Å². The average Bonchev–Trinajstić information content (AvgIpc) is 3.28. The summed E-state index contributed by atoms with van der Waals surface area (Å²) in [5.74, 6) is 0.776. The fourth-order valence-corrected chi connectivity index (χ4v) is 2.29. The largest absolute Gasteiger partial charge is 0.355 e. The van der Waals surface area contributed by atoms with Gasteiger partial charge in [-0.05, 0) is 24.3 Å². The molecule has 0 aliphatic rings. The van der Waals surface area contributed by atoms with Gasteiger partial charge in [0.25, 0.3) is 5.91 Å². The highest BCUT2D eigenvalue weighted by atomic mass is 16.5. The first-order valence-corrected chi connectivity index (χ1v) is 7.25. The van der Waals surface area contributed by atoms with Crippen LogP contribution in [0.15, 0.2) is 59.5 Å². The van der Waals surface area contributed by atoms with Crippen molar-refractivity contribution in [2.24, 2.45) is 0 Å². The van der Waals surface area contributed by atoms with Crippen molar-refractivity contribution in [2.45, 2.75) is 6.54 Å². The molecule has 0 aromatic carbocycles. The second-order valence-electron chi connectivity index (χ2n) is 5.05. The van der Waals surface area contributed by atoms with Crippen LogP contribution in [0.1, 0.15) is 16.3 Å². The Kier molecular flexibility index (Phi) is 3.47. The molecule has 0 saturated carbocycles. The van der Waals surface area contributed by atoms with E-state index >= 15 is 0 Å². The van der Waals surface area contributed by atoms with Gasteiger partial charge in [0.05, 0.1) is 6.54 Å². The Balaban J connectivity index is 1.48. The first-order chi connectivity index (χ1) is 11.8. The first-order valence-electron chi connectivity index (χ1n) is 7.25. The zero-order valence-electron chi connectivity index (χ0n) is 12.5. The van der Waals surface area contributed by atoms with Crippen molar-refractivity contribution in [3.8, 4) is 11.3 Å².